The summed E-state index contributed by atoms with van der Waals surface area (Å²) in [5.41, 5.74) is -0.203. The first-order valence-electron chi connectivity index (χ1n) is 6.88. The second-order valence-corrected chi connectivity index (χ2v) is 5.80. The molecule has 2 rings (SSSR count). The van der Waals surface area contributed by atoms with Crippen LogP contribution in [0.1, 0.15) is 33.6 Å². The zero-order valence-corrected chi connectivity index (χ0v) is 12.1. The van der Waals surface area contributed by atoms with Gasteiger partial charge >= 0.3 is 11.9 Å². The molecule has 0 radical (unpaired) electrons. The van der Waals surface area contributed by atoms with Crippen molar-refractivity contribution in [1.82, 2.24) is 0 Å². The van der Waals surface area contributed by atoms with Crippen molar-refractivity contribution >= 4 is 17.7 Å². The molecule has 1 aliphatic heterocycles. The van der Waals surface area contributed by atoms with Gasteiger partial charge < -0.3 is 9.47 Å². The van der Waals surface area contributed by atoms with Gasteiger partial charge in [0, 0.05) is 6.42 Å². The Morgan fingerprint density at radius 1 is 1.50 bits per heavy atom. The number of ketones is 1. The zero-order valence-electron chi connectivity index (χ0n) is 12.1. The predicted octanol–water partition coefficient (Wildman–Crippen LogP) is 1.65. The highest BCUT2D eigenvalue weighted by atomic mass is 16.6. The summed E-state index contributed by atoms with van der Waals surface area (Å²) < 4.78 is 10.2. The molecule has 4 atom stereocenters. The van der Waals surface area contributed by atoms with Crippen LogP contribution in [0.25, 0.3) is 0 Å². The van der Waals surface area contributed by atoms with Crippen molar-refractivity contribution in [2.45, 2.75) is 39.7 Å². The third-order valence-electron chi connectivity index (χ3n) is 4.51. The minimum Gasteiger partial charge on any atom is -0.465 e. The summed E-state index contributed by atoms with van der Waals surface area (Å²) in [6, 6.07) is 0. The van der Waals surface area contributed by atoms with E-state index in [1.165, 1.54) is 0 Å². The van der Waals surface area contributed by atoms with Crippen molar-refractivity contribution in [3.8, 4) is 0 Å². The second-order valence-electron chi connectivity index (χ2n) is 5.80. The summed E-state index contributed by atoms with van der Waals surface area (Å²) in [5, 5.41) is 0. The van der Waals surface area contributed by atoms with Crippen LogP contribution in [0.3, 0.4) is 0 Å². The van der Waals surface area contributed by atoms with Gasteiger partial charge in [-0.05, 0) is 33.1 Å². The number of hydrogen-bond acceptors (Lipinski definition) is 5. The highest BCUT2D eigenvalue weighted by Gasteiger charge is 2.64. The molecule has 0 aromatic rings. The Hall–Kier alpha value is -1.65. The largest absolute Gasteiger partial charge is 0.465 e. The molecule has 20 heavy (non-hydrogen) atoms. The van der Waals surface area contributed by atoms with Gasteiger partial charge in [-0.1, -0.05) is 12.2 Å². The van der Waals surface area contributed by atoms with Crippen LogP contribution in [-0.2, 0) is 23.9 Å². The van der Waals surface area contributed by atoms with Gasteiger partial charge in [-0.15, -0.1) is 0 Å². The Morgan fingerprint density at radius 3 is 2.70 bits per heavy atom. The van der Waals surface area contributed by atoms with Crippen molar-refractivity contribution in [2.24, 2.45) is 17.3 Å². The van der Waals surface area contributed by atoms with Gasteiger partial charge in [-0.25, -0.2) is 0 Å². The summed E-state index contributed by atoms with van der Waals surface area (Å²) in [4.78, 5) is 36.5. The molecular formula is C15H20O5. The Bertz CT molecular complexity index is 481. The third-order valence-corrected chi connectivity index (χ3v) is 4.51. The maximum Gasteiger partial charge on any atom is 0.321 e. The average Bonchev–Trinajstić information content (AvgIpc) is 2.61. The average molecular weight is 280 g/mol. The fourth-order valence-corrected chi connectivity index (χ4v) is 3.12. The van der Waals surface area contributed by atoms with Crippen molar-refractivity contribution in [3.63, 3.8) is 0 Å². The molecule has 0 N–H and O–H groups in total. The highest BCUT2D eigenvalue weighted by molar-refractivity contribution is 6.05. The summed E-state index contributed by atoms with van der Waals surface area (Å²) in [6.45, 7) is 9.21. The third kappa shape index (κ3) is 2.05. The predicted molar refractivity (Wildman–Crippen MR) is 70.7 cm³/mol. The quantitative estimate of drug-likeness (QED) is 0.446. The molecule has 0 bridgehead atoms. The van der Waals surface area contributed by atoms with Crippen LogP contribution in [0.15, 0.2) is 12.2 Å². The van der Waals surface area contributed by atoms with Gasteiger partial charge in [0.15, 0.2) is 5.92 Å². The fraction of sp³-hybridized carbons (Fsp3) is 0.667. The lowest BCUT2D eigenvalue weighted by Crippen LogP contribution is -2.49. The molecule has 1 saturated carbocycles. The topological polar surface area (TPSA) is 69.7 Å². The van der Waals surface area contributed by atoms with Crippen LogP contribution >= 0.6 is 0 Å². The molecule has 110 valence electrons. The molecule has 5 nitrogen and oxygen atoms in total. The molecule has 0 aromatic carbocycles. The monoisotopic (exact) mass is 280 g/mol. The van der Waals surface area contributed by atoms with Crippen molar-refractivity contribution in [2.75, 3.05) is 6.61 Å². The van der Waals surface area contributed by atoms with Gasteiger partial charge in [0.1, 0.15) is 11.9 Å². The fourth-order valence-electron chi connectivity index (χ4n) is 3.12. The number of fused-ring (bicyclic) bond motifs is 1. The maximum absolute atomic E-state index is 12.5. The summed E-state index contributed by atoms with van der Waals surface area (Å²) >= 11 is 0. The standard InChI is InChI=1S/C15H20O5/c1-5-19-13(17)12-14(18)20-11-7-9(8(2)3)6-10(16)15(11,12)4/h9,11-12H,2,5-7H2,1,3-4H3. The van der Waals surface area contributed by atoms with Crippen molar-refractivity contribution in [3.05, 3.63) is 12.2 Å². The van der Waals surface area contributed by atoms with Crippen LogP contribution in [0.2, 0.25) is 0 Å². The molecule has 0 amide bonds. The molecule has 0 spiro atoms. The molecule has 0 aromatic heterocycles. The second kappa shape index (κ2) is 5.04. The summed E-state index contributed by atoms with van der Waals surface area (Å²) in [7, 11) is 0. The van der Waals surface area contributed by atoms with Crippen LogP contribution in [0, 0.1) is 17.3 Å². The number of ether oxygens (including phenoxy) is 2. The van der Waals surface area contributed by atoms with Gasteiger partial charge in [0.2, 0.25) is 0 Å². The molecule has 2 fully saturated rings. The SMILES string of the molecule is C=C(C)C1CC(=O)C2(C)C(C1)OC(=O)C2C(=O)OCC. The van der Waals surface area contributed by atoms with Crippen LogP contribution < -0.4 is 0 Å². The lowest BCUT2D eigenvalue weighted by atomic mass is 9.63. The Labute approximate surface area is 118 Å². The number of rotatable bonds is 3. The van der Waals surface area contributed by atoms with E-state index in [4.69, 9.17) is 9.47 Å². The lowest BCUT2D eigenvalue weighted by molar-refractivity contribution is -0.159. The lowest BCUT2D eigenvalue weighted by Gasteiger charge is -2.38. The molecule has 1 heterocycles. The Balaban J connectivity index is 2.32. The number of carbonyl (C=O) groups is 3. The number of hydrogen-bond donors (Lipinski definition) is 0. The Morgan fingerprint density at radius 2 is 2.15 bits per heavy atom. The smallest absolute Gasteiger partial charge is 0.321 e. The van der Waals surface area contributed by atoms with E-state index in [1.54, 1.807) is 13.8 Å². The van der Waals surface area contributed by atoms with Crippen molar-refractivity contribution < 1.29 is 23.9 Å². The normalized spacial score (nSPS) is 36.2. The van der Waals surface area contributed by atoms with Gasteiger partial charge in [0.25, 0.3) is 0 Å². The zero-order chi connectivity index (χ0) is 15.1. The number of allylic oxidation sites excluding steroid dienone is 1. The van der Waals surface area contributed by atoms with E-state index in [0.29, 0.717) is 12.8 Å². The summed E-state index contributed by atoms with van der Waals surface area (Å²) in [6.07, 6.45) is 0.279. The van der Waals surface area contributed by atoms with Crippen LogP contribution in [-0.4, -0.2) is 30.4 Å². The van der Waals surface area contributed by atoms with E-state index in [0.717, 1.165) is 5.57 Å². The molecule has 2 aliphatic rings. The number of carbonyl (C=O) groups excluding carboxylic acids is 3. The highest BCUT2D eigenvalue weighted by Crippen LogP contribution is 2.50. The van der Waals surface area contributed by atoms with Crippen LogP contribution in [0.4, 0.5) is 0 Å². The molecule has 5 heteroatoms. The minimum atomic E-state index is -1.13. The molecular weight excluding hydrogens is 260 g/mol. The molecule has 4 unspecified atom stereocenters. The molecule has 1 aliphatic carbocycles. The van der Waals surface area contributed by atoms with E-state index >= 15 is 0 Å². The van der Waals surface area contributed by atoms with E-state index in [9.17, 15) is 14.4 Å². The van der Waals surface area contributed by atoms with Crippen LogP contribution in [0.5, 0.6) is 0 Å². The van der Waals surface area contributed by atoms with Crippen molar-refractivity contribution in [1.29, 1.82) is 0 Å². The summed E-state index contributed by atoms with van der Waals surface area (Å²) in [5.74, 6) is -2.55. The van der Waals surface area contributed by atoms with Gasteiger partial charge in [-0.3, -0.25) is 14.4 Å². The number of esters is 2. The van der Waals surface area contributed by atoms with E-state index in [1.807, 2.05) is 6.92 Å². The van der Waals surface area contributed by atoms with E-state index < -0.39 is 29.4 Å². The van der Waals surface area contributed by atoms with E-state index in [-0.39, 0.29) is 18.3 Å². The molecule has 1 saturated heterocycles. The first-order valence-corrected chi connectivity index (χ1v) is 6.88. The Kier molecular flexibility index (Phi) is 3.71. The van der Waals surface area contributed by atoms with Gasteiger partial charge in [0.05, 0.1) is 12.0 Å². The number of Topliss-reactive ketones (excluding diaryl/α,β-unsaturated/α-hetero) is 1. The minimum absolute atomic E-state index is 0.00863. The maximum atomic E-state index is 12.5. The first-order chi connectivity index (χ1) is 9.32. The van der Waals surface area contributed by atoms with E-state index in [2.05, 4.69) is 6.58 Å². The van der Waals surface area contributed by atoms with Gasteiger partial charge in [-0.2, -0.15) is 0 Å². The first kappa shape index (κ1) is 14.8.